The zero-order chi connectivity index (χ0) is 18.7. The predicted molar refractivity (Wildman–Crippen MR) is 116 cm³/mol. The first-order chi connectivity index (χ1) is 13.8. The summed E-state index contributed by atoms with van der Waals surface area (Å²) in [7, 11) is 0. The number of allylic oxidation sites excluding steroid dienone is 1. The first kappa shape index (κ1) is 15.9. The van der Waals surface area contributed by atoms with Gasteiger partial charge in [0.25, 0.3) is 0 Å². The Balaban J connectivity index is 1.63. The molecule has 28 heavy (non-hydrogen) atoms. The van der Waals surface area contributed by atoms with Gasteiger partial charge in [0.05, 0.1) is 0 Å². The van der Waals surface area contributed by atoms with Gasteiger partial charge in [0, 0.05) is 6.42 Å². The van der Waals surface area contributed by atoms with Gasteiger partial charge in [-0.05, 0) is 94.1 Å². The van der Waals surface area contributed by atoms with Gasteiger partial charge in [0.2, 0.25) is 0 Å². The first-order valence-electron chi connectivity index (χ1n) is 10.2. The molecule has 0 N–H and O–H groups in total. The number of rotatable bonds is 2. The normalized spacial score (nSPS) is 15.0. The van der Waals surface area contributed by atoms with Crippen LogP contribution in [-0.4, -0.2) is 0 Å². The van der Waals surface area contributed by atoms with E-state index in [9.17, 15) is 0 Å². The standard InChI is InChI=1S/C27H22O/c1-17-12-13-26(28-17)21-15-20-14-19-8-5-10-23(19)27(25(20)16-21)24-11-4-7-18-6-2-3-9-22(18)24/h2-4,6-7,9,11-14,16H,5,8,10,15H2,1H3. The van der Waals surface area contributed by atoms with Gasteiger partial charge in [0.1, 0.15) is 11.5 Å². The molecule has 0 fully saturated rings. The third kappa shape index (κ3) is 2.32. The molecule has 0 atom stereocenters. The summed E-state index contributed by atoms with van der Waals surface area (Å²) in [5, 5.41) is 2.66. The van der Waals surface area contributed by atoms with E-state index in [1.165, 1.54) is 57.9 Å². The van der Waals surface area contributed by atoms with Gasteiger partial charge < -0.3 is 4.42 Å². The molecule has 1 heteroatoms. The van der Waals surface area contributed by atoms with Gasteiger partial charge in [-0.2, -0.15) is 0 Å². The number of hydrogen-bond acceptors (Lipinski definition) is 1. The summed E-state index contributed by atoms with van der Waals surface area (Å²) in [6.45, 7) is 2.02. The fraction of sp³-hybridized carbons (Fsp3) is 0.185. The van der Waals surface area contributed by atoms with Crippen molar-refractivity contribution in [2.24, 2.45) is 0 Å². The minimum atomic E-state index is 0.966. The highest BCUT2D eigenvalue weighted by Crippen LogP contribution is 2.45. The van der Waals surface area contributed by atoms with Crippen LogP contribution in [-0.2, 0) is 19.3 Å². The first-order valence-corrected chi connectivity index (χ1v) is 10.2. The van der Waals surface area contributed by atoms with Crippen LogP contribution in [0.1, 0.15) is 40.2 Å². The highest BCUT2D eigenvalue weighted by molar-refractivity contribution is 6.03. The summed E-state index contributed by atoms with van der Waals surface area (Å²) in [6, 6.07) is 22.1. The van der Waals surface area contributed by atoms with E-state index in [0.29, 0.717) is 0 Å². The van der Waals surface area contributed by atoms with Crippen LogP contribution in [0.2, 0.25) is 0 Å². The molecule has 0 amide bonds. The Hall–Kier alpha value is -3.06. The van der Waals surface area contributed by atoms with Crippen LogP contribution >= 0.6 is 0 Å². The number of furan rings is 1. The van der Waals surface area contributed by atoms with Crippen molar-refractivity contribution < 1.29 is 4.42 Å². The van der Waals surface area contributed by atoms with Gasteiger partial charge in [-0.25, -0.2) is 0 Å². The van der Waals surface area contributed by atoms with Crippen LogP contribution in [0.15, 0.2) is 65.1 Å². The molecule has 1 nitrogen and oxygen atoms in total. The zero-order valence-corrected chi connectivity index (χ0v) is 16.1. The van der Waals surface area contributed by atoms with Gasteiger partial charge in [-0.15, -0.1) is 0 Å². The predicted octanol–water partition coefficient (Wildman–Crippen LogP) is 6.99. The molecular formula is C27H22O. The van der Waals surface area contributed by atoms with Crippen LogP contribution in [0, 0.1) is 6.92 Å². The molecule has 6 rings (SSSR count). The van der Waals surface area contributed by atoms with Gasteiger partial charge >= 0.3 is 0 Å². The molecule has 0 saturated heterocycles. The Morgan fingerprint density at radius 3 is 2.64 bits per heavy atom. The van der Waals surface area contributed by atoms with E-state index in [2.05, 4.69) is 66.7 Å². The van der Waals surface area contributed by atoms with Crippen LogP contribution in [0.4, 0.5) is 0 Å². The minimum Gasteiger partial charge on any atom is -0.462 e. The summed E-state index contributed by atoms with van der Waals surface area (Å²) in [4.78, 5) is 0. The molecule has 0 spiro atoms. The average Bonchev–Trinajstić information content (AvgIpc) is 3.44. The fourth-order valence-corrected chi connectivity index (χ4v) is 5.08. The van der Waals surface area contributed by atoms with Crippen molar-refractivity contribution in [2.75, 3.05) is 0 Å². The van der Waals surface area contributed by atoms with Crippen molar-refractivity contribution in [3.8, 4) is 11.1 Å². The third-order valence-electron chi connectivity index (χ3n) is 6.34. The second-order valence-electron chi connectivity index (χ2n) is 8.10. The van der Waals surface area contributed by atoms with Gasteiger partial charge in [-0.1, -0.05) is 48.5 Å². The van der Waals surface area contributed by atoms with Crippen molar-refractivity contribution in [1.29, 1.82) is 0 Å². The van der Waals surface area contributed by atoms with E-state index in [4.69, 9.17) is 4.42 Å². The lowest BCUT2D eigenvalue weighted by molar-refractivity contribution is 0.521. The lowest BCUT2D eigenvalue weighted by atomic mass is 9.87. The number of benzene rings is 3. The van der Waals surface area contributed by atoms with Gasteiger partial charge in [-0.3, -0.25) is 0 Å². The van der Waals surface area contributed by atoms with E-state index >= 15 is 0 Å². The molecule has 1 aromatic heterocycles. The Bertz CT molecular complexity index is 1260. The number of aryl methyl sites for hydroxylation is 2. The van der Waals surface area contributed by atoms with Crippen LogP contribution in [0.25, 0.3) is 33.5 Å². The molecule has 2 aliphatic rings. The minimum absolute atomic E-state index is 0.966. The molecule has 0 bridgehead atoms. The molecule has 3 aromatic carbocycles. The van der Waals surface area contributed by atoms with Crippen molar-refractivity contribution in [1.82, 2.24) is 0 Å². The zero-order valence-electron chi connectivity index (χ0n) is 16.1. The lowest BCUT2D eigenvalue weighted by Gasteiger charge is -2.16. The quantitative estimate of drug-likeness (QED) is 0.374. The SMILES string of the molecule is Cc1ccc(C2=Cc3c(cc4c(c3-c3cccc5ccccc35)CCC4)C2)o1. The Labute approximate surface area is 165 Å². The summed E-state index contributed by atoms with van der Waals surface area (Å²) < 4.78 is 5.95. The van der Waals surface area contributed by atoms with E-state index < -0.39 is 0 Å². The van der Waals surface area contributed by atoms with Crippen molar-refractivity contribution in [2.45, 2.75) is 32.6 Å². The summed E-state index contributed by atoms with van der Waals surface area (Å²) in [5.74, 6) is 1.99. The molecule has 0 saturated carbocycles. The average molecular weight is 362 g/mol. The maximum atomic E-state index is 5.95. The van der Waals surface area contributed by atoms with Crippen LogP contribution in [0.3, 0.4) is 0 Å². The number of hydrogen-bond donors (Lipinski definition) is 0. The second kappa shape index (κ2) is 5.97. The highest BCUT2D eigenvalue weighted by Gasteiger charge is 2.26. The van der Waals surface area contributed by atoms with Crippen LogP contribution in [0.5, 0.6) is 0 Å². The molecule has 4 aromatic rings. The van der Waals surface area contributed by atoms with E-state index in [0.717, 1.165) is 17.9 Å². The molecule has 136 valence electrons. The monoisotopic (exact) mass is 362 g/mol. The van der Waals surface area contributed by atoms with Gasteiger partial charge in [0.15, 0.2) is 0 Å². The van der Waals surface area contributed by atoms with Crippen molar-refractivity contribution in [3.05, 3.63) is 94.4 Å². The maximum absolute atomic E-state index is 5.95. The molecule has 0 aliphatic heterocycles. The Morgan fingerprint density at radius 2 is 1.75 bits per heavy atom. The van der Waals surface area contributed by atoms with Crippen molar-refractivity contribution in [3.63, 3.8) is 0 Å². The molecule has 0 unspecified atom stereocenters. The molecule has 0 radical (unpaired) electrons. The Morgan fingerprint density at radius 1 is 0.857 bits per heavy atom. The molecule has 2 aliphatic carbocycles. The topological polar surface area (TPSA) is 13.1 Å². The van der Waals surface area contributed by atoms with Crippen LogP contribution < -0.4 is 0 Å². The smallest absolute Gasteiger partial charge is 0.130 e. The maximum Gasteiger partial charge on any atom is 0.130 e. The Kier molecular flexibility index (Phi) is 3.40. The summed E-state index contributed by atoms with van der Waals surface area (Å²) in [5.41, 5.74) is 10.1. The third-order valence-corrected chi connectivity index (χ3v) is 6.34. The van der Waals surface area contributed by atoms with E-state index in [-0.39, 0.29) is 0 Å². The largest absolute Gasteiger partial charge is 0.462 e. The molecule has 1 heterocycles. The molecular weight excluding hydrogens is 340 g/mol. The summed E-state index contributed by atoms with van der Waals surface area (Å²) >= 11 is 0. The lowest BCUT2D eigenvalue weighted by Crippen LogP contribution is -1.96. The van der Waals surface area contributed by atoms with Crippen molar-refractivity contribution >= 4 is 22.4 Å². The van der Waals surface area contributed by atoms with E-state index in [1.807, 2.05) is 6.92 Å². The summed E-state index contributed by atoms with van der Waals surface area (Å²) in [6.07, 6.45) is 7.00. The number of fused-ring (bicyclic) bond motifs is 3. The fourth-order valence-electron chi connectivity index (χ4n) is 5.08. The second-order valence-corrected chi connectivity index (χ2v) is 8.10. The van der Waals surface area contributed by atoms with E-state index in [1.54, 1.807) is 11.1 Å². The highest BCUT2D eigenvalue weighted by atomic mass is 16.3.